The van der Waals surface area contributed by atoms with Crippen molar-refractivity contribution in [1.82, 2.24) is 5.32 Å². The van der Waals surface area contributed by atoms with E-state index in [2.05, 4.69) is 5.32 Å². The molecule has 0 heterocycles. The predicted molar refractivity (Wildman–Crippen MR) is 67.8 cm³/mol. The number of nitrogens with one attached hydrogen (secondary N) is 1. The van der Waals surface area contributed by atoms with Crippen LogP contribution in [0.3, 0.4) is 0 Å². The van der Waals surface area contributed by atoms with Gasteiger partial charge in [-0.2, -0.15) is 5.26 Å². The van der Waals surface area contributed by atoms with Crippen LogP contribution in [0.5, 0.6) is 5.75 Å². The van der Waals surface area contributed by atoms with Crippen molar-refractivity contribution >= 4 is 0 Å². The van der Waals surface area contributed by atoms with Gasteiger partial charge in [0.25, 0.3) is 0 Å². The Morgan fingerprint density at radius 3 is 2.39 bits per heavy atom. The summed E-state index contributed by atoms with van der Waals surface area (Å²) in [6.45, 7) is 1.51. The zero-order valence-electron chi connectivity index (χ0n) is 10.1. The minimum Gasteiger partial charge on any atom is -0.508 e. The Labute approximate surface area is 106 Å². The van der Waals surface area contributed by atoms with Crippen molar-refractivity contribution in [2.24, 2.45) is 5.73 Å². The molecule has 1 aromatic rings. The monoisotopic (exact) mass is 253 g/mol. The van der Waals surface area contributed by atoms with Crippen LogP contribution in [0.15, 0.2) is 18.2 Å². The minimum absolute atomic E-state index is 0.0665. The molecule has 0 radical (unpaired) electrons. The van der Waals surface area contributed by atoms with Crippen molar-refractivity contribution in [1.29, 1.82) is 5.26 Å². The van der Waals surface area contributed by atoms with E-state index in [9.17, 15) is 5.11 Å². The van der Waals surface area contributed by atoms with E-state index in [-0.39, 0.29) is 19.0 Å². The van der Waals surface area contributed by atoms with E-state index >= 15 is 0 Å². The van der Waals surface area contributed by atoms with Crippen LogP contribution in [0.1, 0.15) is 11.1 Å². The molecule has 6 N–H and O–H groups in total. The first kappa shape index (κ1) is 16.4. The number of aliphatic hydroxyl groups is 2. The highest BCUT2D eigenvalue weighted by atomic mass is 16.3. The third-order valence-electron chi connectivity index (χ3n) is 1.95. The molecular weight excluding hydrogens is 234 g/mol. The Morgan fingerprint density at radius 2 is 1.94 bits per heavy atom. The number of hydrogen-bond donors (Lipinski definition) is 5. The maximum absolute atomic E-state index is 9.47. The molecule has 0 saturated carbocycles. The summed E-state index contributed by atoms with van der Waals surface area (Å²) in [6, 6.07) is 6.71. The summed E-state index contributed by atoms with van der Waals surface area (Å²) in [7, 11) is 0. The molecule has 0 atom stereocenters. The molecule has 18 heavy (non-hydrogen) atoms. The molecule has 0 bridgehead atoms. The number of aromatic hydroxyl groups is 1. The molecule has 1 rings (SSSR count). The topological polar surface area (TPSA) is 123 Å². The Morgan fingerprint density at radius 1 is 1.28 bits per heavy atom. The zero-order chi connectivity index (χ0) is 13.8. The Kier molecular flexibility index (Phi) is 9.54. The fourth-order valence-corrected chi connectivity index (χ4v) is 1.08. The van der Waals surface area contributed by atoms with E-state index in [0.29, 0.717) is 25.2 Å². The smallest absolute Gasteiger partial charge is 0.121 e. The highest BCUT2D eigenvalue weighted by molar-refractivity contribution is 5.41. The lowest BCUT2D eigenvalue weighted by molar-refractivity contribution is 0.291. The third kappa shape index (κ3) is 6.83. The lowest BCUT2D eigenvalue weighted by atomic mass is 10.1. The van der Waals surface area contributed by atoms with Crippen LogP contribution < -0.4 is 11.1 Å². The number of nitrogens with two attached hydrogens (primary N) is 1. The Hall–Kier alpha value is -1.65. The molecule has 0 unspecified atom stereocenters. The number of aliphatic hydroxyl groups excluding tert-OH is 2. The van der Waals surface area contributed by atoms with E-state index < -0.39 is 0 Å². The maximum Gasteiger partial charge on any atom is 0.121 e. The molecule has 0 fully saturated rings. The first-order valence-corrected chi connectivity index (χ1v) is 5.54. The standard InChI is InChI=1S/C10H12N2O2.C2H7NO/c11-6-8-1-2-9(10(14)5-8)7-12-3-4-13;3-1-2-4/h1-2,5,12-14H,3-4,7H2;4H,1-3H2. The van der Waals surface area contributed by atoms with Gasteiger partial charge in [-0.05, 0) is 12.1 Å². The molecule has 0 saturated heterocycles. The number of rotatable bonds is 5. The van der Waals surface area contributed by atoms with Gasteiger partial charge in [0.05, 0.1) is 24.8 Å². The van der Waals surface area contributed by atoms with Gasteiger partial charge >= 0.3 is 0 Å². The highest BCUT2D eigenvalue weighted by Gasteiger charge is 2.01. The number of nitriles is 1. The van der Waals surface area contributed by atoms with E-state index in [1.807, 2.05) is 6.07 Å². The van der Waals surface area contributed by atoms with E-state index in [0.717, 1.165) is 5.56 Å². The minimum atomic E-state index is 0.0665. The summed E-state index contributed by atoms with van der Waals surface area (Å²) in [5.74, 6) is 0.106. The van der Waals surface area contributed by atoms with E-state index in [4.69, 9.17) is 21.2 Å². The average Bonchev–Trinajstić information content (AvgIpc) is 2.41. The molecule has 0 aliphatic carbocycles. The van der Waals surface area contributed by atoms with Gasteiger partial charge in [0.2, 0.25) is 0 Å². The van der Waals surface area contributed by atoms with Gasteiger partial charge in [-0.25, -0.2) is 0 Å². The summed E-state index contributed by atoms with van der Waals surface area (Å²) in [5, 5.41) is 37.2. The van der Waals surface area contributed by atoms with Crippen molar-refractivity contribution in [3.63, 3.8) is 0 Å². The second-order valence-corrected chi connectivity index (χ2v) is 3.37. The van der Waals surface area contributed by atoms with Crippen molar-refractivity contribution < 1.29 is 15.3 Å². The number of nitrogens with zero attached hydrogens (tertiary/aromatic N) is 1. The Balaban J connectivity index is 0.000000631. The van der Waals surface area contributed by atoms with Crippen LogP contribution in [0.25, 0.3) is 0 Å². The molecule has 0 aromatic heterocycles. The predicted octanol–water partition coefficient (Wildman–Crippen LogP) is -0.717. The van der Waals surface area contributed by atoms with Gasteiger partial charge in [0.15, 0.2) is 0 Å². The summed E-state index contributed by atoms with van der Waals surface area (Å²) in [4.78, 5) is 0. The number of phenols is 1. The fourth-order valence-electron chi connectivity index (χ4n) is 1.08. The molecule has 1 aromatic carbocycles. The molecule has 0 spiro atoms. The van der Waals surface area contributed by atoms with Crippen LogP contribution in [-0.4, -0.2) is 41.6 Å². The molecule has 0 amide bonds. The van der Waals surface area contributed by atoms with Crippen molar-refractivity contribution in [2.45, 2.75) is 6.54 Å². The third-order valence-corrected chi connectivity index (χ3v) is 1.95. The lowest BCUT2D eigenvalue weighted by Gasteiger charge is -2.05. The van der Waals surface area contributed by atoms with Crippen molar-refractivity contribution in [3.8, 4) is 11.8 Å². The second-order valence-electron chi connectivity index (χ2n) is 3.37. The maximum atomic E-state index is 9.47. The summed E-state index contributed by atoms with van der Waals surface area (Å²) in [5.41, 5.74) is 5.94. The lowest BCUT2D eigenvalue weighted by Crippen LogP contribution is -2.17. The fraction of sp³-hybridized carbons (Fsp3) is 0.417. The van der Waals surface area contributed by atoms with Gasteiger partial charge < -0.3 is 26.4 Å². The summed E-state index contributed by atoms with van der Waals surface area (Å²) >= 11 is 0. The highest BCUT2D eigenvalue weighted by Crippen LogP contribution is 2.17. The number of hydrogen-bond acceptors (Lipinski definition) is 6. The first-order valence-electron chi connectivity index (χ1n) is 5.54. The molecule has 100 valence electrons. The molecular formula is C12H19N3O3. The van der Waals surface area contributed by atoms with Crippen molar-refractivity contribution in [2.75, 3.05) is 26.3 Å². The summed E-state index contributed by atoms with van der Waals surface area (Å²) in [6.07, 6.45) is 0. The van der Waals surface area contributed by atoms with Crippen LogP contribution in [0, 0.1) is 11.3 Å². The Bertz CT molecular complexity index is 375. The van der Waals surface area contributed by atoms with Gasteiger partial charge in [0, 0.05) is 25.2 Å². The van der Waals surface area contributed by atoms with Gasteiger partial charge in [0.1, 0.15) is 5.75 Å². The van der Waals surface area contributed by atoms with Crippen LogP contribution >= 0.6 is 0 Å². The summed E-state index contributed by atoms with van der Waals surface area (Å²) < 4.78 is 0. The quantitative estimate of drug-likeness (QED) is 0.441. The van der Waals surface area contributed by atoms with Crippen molar-refractivity contribution in [3.05, 3.63) is 29.3 Å². The largest absolute Gasteiger partial charge is 0.508 e. The molecule has 0 aliphatic rings. The number of benzene rings is 1. The SMILES string of the molecule is N#Cc1ccc(CNCCO)c(O)c1.NCCO. The average molecular weight is 253 g/mol. The van der Waals surface area contributed by atoms with Crippen LogP contribution in [-0.2, 0) is 6.54 Å². The molecule has 0 aliphatic heterocycles. The van der Waals surface area contributed by atoms with E-state index in [1.54, 1.807) is 12.1 Å². The zero-order valence-corrected chi connectivity index (χ0v) is 10.1. The van der Waals surface area contributed by atoms with Crippen LogP contribution in [0.2, 0.25) is 0 Å². The van der Waals surface area contributed by atoms with E-state index in [1.165, 1.54) is 6.07 Å². The van der Waals surface area contributed by atoms with Gasteiger partial charge in [-0.15, -0.1) is 0 Å². The first-order chi connectivity index (χ1) is 8.69. The normalized spacial score (nSPS) is 9.22. The van der Waals surface area contributed by atoms with Crippen LogP contribution in [0.4, 0.5) is 0 Å². The molecule has 6 nitrogen and oxygen atoms in total. The number of phenolic OH excluding ortho intramolecular Hbond substituents is 1. The van der Waals surface area contributed by atoms with Gasteiger partial charge in [-0.1, -0.05) is 6.07 Å². The second kappa shape index (κ2) is 10.5. The molecule has 6 heteroatoms. The van der Waals surface area contributed by atoms with Gasteiger partial charge in [-0.3, -0.25) is 0 Å².